The molecular formula is C20H29N3O3. The minimum absolute atomic E-state index is 0.0523. The van der Waals surface area contributed by atoms with Crippen LogP contribution in [-0.4, -0.2) is 49.7 Å². The number of rotatable bonds is 5. The predicted octanol–water partition coefficient (Wildman–Crippen LogP) is 2.77. The van der Waals surface area contributed by atoms with Crippen molar-refractivity contribution in [2.24, 2.45) is 5.92 Å². The van der Waals surface area contributed by atoms with Gasteiger partial charge < -0.3 is 19.9 Å². The summed E-state index contributed by atoms with van der Waals surface area (Å²) in [6.45, 7) is 6.14. The van der Waals surface area contributed by atoms with Gasteiger partial charge in [-0.25, -0.2) is 4.79 Å². The molecule has 3 rings (SSSR count). The maximum absolute atomic E-state index is 12.5. The zero-order chi connectivity index (χ0) is 18.4. The summed E-state index contributed by atoms with van der Waals surface area (Å²) in [6, 6.07) is 8.24. The second-order valence-corrected chi connectivity index (χ2v) is 6.99. The molecule has 26 heavy (non-hydrogen) atoms. The van der Waals surface area contributed by atoms with E-state index in [1.165, 1.54) is 18.5 Å². The molecule has 142 valence electrons. The van der Waals surface area contributed by atoms with Gasteiger partial charge in [0, 0.05) is 38.4 Å². The molecule has 0 saturated carbocycles. The Morgan fingerprint density at radius 3 is 2.50 bits per heavy atom. The number of amides is 2. The van der Waals surface area contributed by atoms with E-state index in [4.69, 9.17) is 4.74 Å². The third-order valence-electron chi connectivity index (χ3n) is 5.27. The van der Waals surface area contributed by atoms with Crippen LogP contribution in [0, 0.1) is 5.92 Å². The third-order valence-corrected chi connectivity index (χ3v) is 5.27. The first-order chi connectivity index (χ1) is 12.7. The molecule has 0 aromatic heterocycles. The molecule has 0 atom stereocenters. The van der Waals surface area contributed by atoms with E-state index in [9.17, 15) is 9.59 Å². The largest absolute Gasteiger partial charge is 0.466 e. The highest BCUT2D eigenvalue weighted by Crippen LogP contribution is 2.24. The van der Waals surface area contributed by atoms with Crippen molar-refractivity contribution in [1.29, 1.82) is 0 Å². The number of piperidine rings is 1. The summed E-state index contributed by atoms with van der Waals surface area (Å²) in [6.07, 6.45) is 3.82. The van der Waals surface area contributed by atoms with Gasteiger partial charge in [-0.15, -0.1) is 0 Å². The Labute approximate surface area is 155 Å². The first-order valence-corrected chi connectivity index (χ1v) is 9.71. The lowest BCUT2D eigenvalue weighted by atomic mass is 9.97. The van der Waals surface area contributed by atoms with Crippen molar-refractivity contribution in [2.75, 3.05) is 37.7 Å². The second kappa shape index (κ2) is 8.92. The van der Waals surface area contributed by atoms with Crippen molar-refractivity contribution in [2.45, 2.75) is 39.2 Å². The van der Waals surface area contributed by atoms with Crippen LogP contribution in [0.15, 0.2) is 24.3 Å². The van der Waals surface area contributed by atoms with Crippen LogP contribution < -0.4 is 10.2 Å². The number of hydrogen-bond acceptors (Lipinski definition) is 4. The van der Waals surface area contributed by atoms with Crippen molar-refractivity contribution >= 4 is 17.7 Å². The second-order valence-electron chi connectivity index (χ2n) is 6.99. The van der Waals surface area contributed by atoms with E-state index in [-0.39, 0.29) is 17.9 Å². The standard InChI is InChI=1S/C20H29N3O3/c1-2-26-19(24)16-9-13-23(14-10-16)20(25)21-15-17-7-3-4-8-18(17)22-11-5-6-12-22/h3-4,7-8,16H,2,5-6,9-15H2,1H3,(H,21,25). The minimum atomic E-state index is -0.132. The number of nitrogens with one attached hydrogen (secondary N) is 1. The van der Waals surface area contributed by atoms with Gasteiger partial charge in [-0.1, -0.05) is 18.2 Å². The van der Waals surface area contributed by atoms with Crippen LogP contribution in [0.5, 0.6) is 0 Å². The summed E-state index contributed by atoms with van der Waals surface area (Å²) in [4.78, 5) is 28.5. The fraction of sp³-hybridized carbons (Fsp3) is 0.600. The summed E-state index contributed by atoms with van der Waals surface area (Å²) in [5.41, 5.74) is 2.38. The van der Waals surface area contributed by atoms with E-state index in [1.54, 1.807) is 4.90 Å². The zero-order valence-corrected chi connectivity index (χ0v) is 15.6. The first kappa shape index (κ1) is 18.5. The van der Waals surface area contributed by atoms with E-state index >= 15 is 0 Å². The molecule has 0 aliphatic carbocycles. The summed E-state index contributed by atoms with van der Waals surface area (Å²) in [5, 5.41) is 3.05. The number of hydrogen-bond donors (Lipinski definition) is 1. The molecule has 0 spiro atoms. The Kier molecular flexibility index (Phi) is 6.36. The Balaban J connectivity index is 1.50. The molecule has 0 unspecified atom stereocenters. The van der Waals surface area contributed by atoms with Gasteiger partial charge in [0.15, 0.2) is 0 Å². The lowest BCUT2D eigenvalue weighted by Gasteiger charge is -2.31. The number of esters is 1. The van der Waals surface area contributed by atoms with Crippen LogP contribution in [0.4, 0.5) is 10.5 Å². The molecule has 1 aromatic carbocycles. The third kappa shape index (κ3) is 4.48. The van der Waals surface area contributed by atoms with E-state index in [2.05, 4.69) is 28.4 Å². The van der Waals surface area contributed by atoms with Gasteiger partial charge in [0.25, 0.3) is 0 Å². The van der Waals surface area contributed by atoms with Crippen LogP contribution in [-0.2, 0) is 16.1 Å². The Morgan fingerprint density at radius 1 is 1.12 bits per heavy atom. The van der Waals surface area contributed by atoms with E-state index in [1.807, 2.05) is 13.0 Å². The van der Waals surface area contributed by atoms with Crippen molar-refractivity contribution in [3.63, 3.8) is 0 Å². The normalized spacial score (nSPS) is 18.0. The van der Waals surface area contributed by atoms with E-state index in [0.29, 0.717) is 39.1 Å². The number of nitrogens with zero attached hydrogens (tertiary/aromatic N) is 2. The van der Waals surface area contributed by atoms with Crippen LogP contribution in [0.3, 0.4) is 0 Å². The van der Waals surface area contributed by atoms with Gasteiger partial charge in [-0.2, -0.15) is 0 Å². The van der Waals surface area contributed by atoms with E-state index in [0.717, 1.165) is 18.7 Å². The van der Waals surface area contributed by atoms with Gasteiger partial charge in [0.05, 0.1) is 12.5 Å². The Bertz CT molecular complexity index is 620. The van der Waals surface area contributed by atoms with Crippen molar-refractivity contribution in [3.8, 4) is 0 Å². The average molecular weight is 359 g/mol. The number of para-hydroxylation sites is 1. The molecule has 0 radical (unpaired) electrons. The Morgan fingerprint density at radius 2 is 1.81 bits per heavy atom. The molecule has 2 amide bonds. The molecule has 0 bridgehead atoms. The van der Waals surface area contributed by atoms with Gasteiger partial charge in [0.1, 0.15) is 0 Å². The molecule has 1 aromatic rings. The highest BCUT2D eigenvalue weighted by Gasteiger charge is 2.28. The summed E-state index contributed by atoms with van der Waals surface area (Å²) < 4.78 is 5.08. The molecule has 6 nitrogen and oxygen atoms in total. The van der Waals surface area contributed by atoms with Crippen LogP contribution in [0.1, 0.15) is 38.2 Å². The topological polar surface area (TPSA) is 61.9 Å². The molecule has 2 aliphatic heterocycles. The first-order valence-electron chi connectivity index (χ1n) is 9.71. The fourth-order valence-corrected chi connectivity index (χ4v) is 3.79. The molecule has 1 N–H and O–H groups in total. The Hall–Kier alpha value is -2.24. The lowest BCUT2D eigenvalue weighted by Crippen LogP contribution is -2.45. The van der Waals surface area contributed by atoms with Gasteiger partial charge in [-0.05, 0) is 44.2 Å². The molecular weight excluding hydrogens is 330 g/mol. The summed E-state index contributed by atoms with van der Waals surface area (Å²) in [5.74, 6) is -0.206. The molecule has 2 heterocycles. The highest BCUT2D eigenvalue weighted by molar-refractivity contribution is 5.76. The molecule has 2 aliphatic rings. The predicted molar refractivity (Wildman–Crippen MR) is 101 cm³/mol. The van der Waals surface area contributed by atoms with E-state index < -0.39 is 0 Å². The van der Waals surface area contributed by atoms with Crippen LogP contribution >= 0.6 is 0 Å². The number of carbonyl (C=O) groups is 2. The maximum Gasteiger partial charge on any atom is 0.317 e. The SMILES string of the molecule is CCOC(=O)C1CCN(C(=O)NCc2ccccc2N2CCCC2)CC1. The lowest BCUT2D eigenvalue weighted by molar-refractivity contribution is -0.149. The number of urea groups is 1. The number of likely N-dealkylation sites (tertiary alicyclic amines) is 1. The van der Waals surface area contributed by atoms with Crippen molar-refractivity contribution in [3.05, 3.63) is 29.8 Å². The summed E-state index contributed by atoms with van der Waals surface area (Å²) in [7, 11) is 0. The smallest absolute Gasteiger partial charge is 0.317 e. The van der Waals surface area contributed by atoms with Crippen molar-refractivity contribution < 1.29 is 14.3 Å². The number of benzene rings is 1. The summed E-state index contributed by atoms with van der Waals surface area (Å²) >= 11 is 0. The van der Waals surface area contributed by atoms with Gasteiger partial charge in [0.2, 0.25) is 0 Å². The number of anilines is 1. The van der Waals surface area contributed by atoms with Crippen LogP contribution in [0.2, 0.25) is 0 Å². The maximum atomic E-state index is 12.5. The minimum Gasteiger partial charge on any atom is -0.466 e. The average Bonchev–Trinajstić information content (AvgIpc) is 3.21. The molecule has 2 saturated heterocycles. The van der Waals surface area contributed by atoms with Gasteiger partial charge in [-0.3, -0.25) is 4.79 Å². The van der Waals surface area contributed by atoms with Crippen molar-refractivity contribution in [1.82, 2.24) is 10.2 Å². The zero-order valence-electron chi connectivity index (χ0n) is 15.6. The fourth-order valence-electron chi connectivity index (χ4n) is 3.79. The molecule has 6 heteroatoms. The monoisotopic (exact) mass is 359 g/mol. The number of ether oxygens (including phenoxy) is 1. The van der Waals surface area contributed by atoms with Gasteiger partial charge >= 0.3 is 12.0 Å². The highest BCUT2D eigenvalue weighted by atomic mass is 16.5. The number of carbonyl (C=O) groups excluding carboxylic acids is 2. The van der Waals surface area contributed by atoms with Crippen LogP contribution in [0.25, 0.3) is 0 Å². The molecule has 2 fully saturated rings. The quantitative estimate of drug-likeness (QED) is 0.821.